The molecule has 0 aliphatic carbocycles. The molecule has 84 valence electrons. The SMILES string of the molecule is CCOC(=O)c1cnc2oc(CO)cc2c1. The molecule has 2 heterocycles. The van der Waals surface area contributed by atoms with Crippen molar-refractivity contribution >= 4 is 17.1 Å². The zero-order valence-electron chi connectivity index (χ0n) is 8.77. The number of ether oxygens (including phenoxy) is 1. The van der Waals surface area contributed by atoms with Gasteiger partial charge in [-0.3, -0.25) is 0 Å². The Morgan fingerprint density at radius 1 is 1.56 bits per heavy atom. The van der Waals surface area contributed by atoms with Crippen molar-refractivity contribution in [3.63, 3.8) is 0 Å². The van der Waals surface area contributed by atoms with Crippen LogP contribution in [0.2, 0.25) is 0 Å². The number of carbonyl (C=O) groups is 1. The minimum Gasteiger partial charge on any atom is -0.462 e. The van der Waals surface area contributed by atoms with Crippen molar-refractivity contribution in [1.82, 2.24) is 4.98 Å². The fraction of sp³-hybridized carbons (Fsp3) is 0.273. The van der Waals surface area contributed by atoms with Crippen LogP contribution in [-0.4, -0.2) is 22.7 Å². The summed E-state index contributed by atoms with van der Waals surface area (Å²) in [5.74, 6) is 0.00663. The van der Waals surface area contributed by atoms with E-state index in [-0.39, 0.29) is 6.61 Å². The molecular formula is C11H11NO4. The van der Waals surface area contributed by atoms with Crippen molar-refractivity contribution in [3.05, 3.63) is 29.7 Å². The van der Waals surface area contributed by atoms with Gasteiger partial charge in [0, 0.05) is 11.6 Å². The molecule has 0 spiro atoms. The van der Waals surface area contributed by atoms with Crippen molar-refractivity contribution in [2.45, 2.75) is 13.5 Å². The van der Waals surface area contributed by atoms with Crippen LogP contribution in [0.5, 0.6) is 0 Å². The zero-order chi connectivity index (χ0) is 11.5. The van der Waals surface area contributed by atoms with Gasteiger partial charge in [0.05, 0.1) is 12.2 Å². The highest BCUT2D eigenvalue weighted by atomic mass is 16.5. The average molecular weight is 221 g/mol. The molecule has 0 bridgehead atoms. The first-order valence-corrected chi connectivity index (χ1v) is 4.91. The van der Waals surface area contributed by atoms with Crippen LogP contribution < -0.4 is 0 Å². The van der Waals surface area contributed by atoms with E-state index in [1.165, 1.54) is 6.20 Å². The number of fused-ring (bicyclic) bond motifs is 1. The molecule has 0 unspecified atom stereocenters. The van der Waals surface area contributed by atoms with Crippen molar-refractivity contribution in [2.24, 2.45) is 0 Å². The zero-order valence-corrected chi connectivity index (χ0v) is 8.77. The van der Waals surface area contributed by atoms with E-state index in [1.807, 2.05) is 0 Å². The van der Waals surface area contributed by atoms with Crippen molar-refractivity contribution in [2.75, 3.05) is 6.61 Å². The number of carbonyl (C=O) groups excluding carboxylic acids is 1. The normalized spacial score (nSPS) is 10.6. The van der Waals surface area contributed by atoms with E-state index in [0.717, 1.165) is 0 Å². The molecule has 0 fully saturated rings. The summed E-state index contributed by atoms with van der Waals surface area (Å²) in [5.41, 5.74) is 0.775. The third-order valence-electron chi connectivity index (χ3n) is 2.09. The molecule has 0 aromatic carbocycles. The van der Waals surface area contributed by atoms with E-state index in [9.17, 15) is 4.79 Å². The molecule has 2 aromatic heterocycles. The van der Waals surface area contributed by atoms with Gasteiger partial charge in [-0.15, -0.1) is 0 Å². The minimum atomic E-state index is -0.413. The minimum absolute atomic E-state index is 0.189. The molecule has 0 radical (unpaired) electrons. The second-order valence-electron chi connectivity index (χ2n) is 3.21. The number of aliphatic hydroxyl groups is 1. The monoisotopic (exact) mass is 221 g/mol. The van der Waals surface area contributed by atoms with E-state index < -0.39 is 5.97 Å². The van der Waals surface area contributed by atoms with Gasteiger partial charge in [0.25, 0.3) is 0 Å². The number of rotatable bonds is 3. The van der Waals surface area contributed by atoms with Gasteiger partial charge in [-0.2, -0.15) is 0 Å². The third-order valence-corrected chi connectivity index (χ3v) is 2.09. The van der Waals surface area contributed by atoms with E-state index in [4.69, 9.17) is 14.3 Å². The molecule has 2 rings (SSSR count). The highest BCUT2D eigenvalue weighted by Crippen LogP contribution is 2.18. The standard InChI is InChI=1S/C11H11NO4/c1-2-15-11(14)8-3-7-4-9(6-13)16-10(7)12-5-8/h3-5,13H,2,6H2,1H3. The number of hydrogen-bond donors (Lipinski definition) is 1. The molecule has 16 heavy (non-hydrogen) atoms. The van der Waals surface area contributed by atoms with Crippen molar-refractivity contribution in [1.29, 1.82) is 0 Å². The molecule has 0 amide bonds. The van der Waals surface area contributed by atoms with Crippen LogP contribution in [0.15, 0.2) is 22.7 Å². The average Bonchev–Trinajstić information content (AvgIpc) is 2.70. The summed E-state index contributed by atoms with van der Waals surface area (Å²) in [6, 6.07) is 3.27. The molecular weight excluding hydrogens is 210 g/mol. The summed E-state index contributed by atoms with van der Waals surface area (Å²) in [6.07, 6.45) is 1.39. The van der Waals surface area contributed by atoms with Gasteiger partial charge in [-0.1, -0.05) is 0 Å². The fourth-order valence-electron chi connectivity index (χ4n) is 1.39. The lowest BCUT2D eigenvalue weighted by Crippen LogP contribution is -2.04. The predicted molar refractivity (Wildman–Crippen MR) is 55.9 cm³/mol. The number of pyridine rings is 1. The van der Waals surface area contributed by atoms with E-state index in [2.05, 4.69) is 4.98 Å². The third kappa shape index (κ3) is 1.90. The van der Waals surface area contributed by atoms with Crippen LogP contribution in [0.1, 0.15) is 23.0 Å². The number of esters is 1. The molecule has 0 saturated carbocycles. The largest absolute Gasteiger partial charge is 0.462 e. The summed E-state index contributed by atoms with van der Waals surface area (Å²) in [6.45, 7) is 1.88. The summed E-state index contributed by atoms with van der Waals surface area (Å²) in [7, 11) is 0. The highest BCUT2D eigenvalue weighted by molar-refractivity contribution is 5.92. The van der Waals surface area contributed by atoms with Crippen LogP contribution in [0.4, 0.5) is 0 Å². The Morgan fingerprint density at radius 3 is 3.06 bits per heavy atom. The van der Waals surface area contributed by atoms with Crippen LogP contribution >= 0.6 is 0 Å². The molecule has 0 atom stereocenters. The first kappa shape index (κ1) is 10.6. The summed E-state index contributed by atoms with van der Waals surface area (Å²) >= 11 is 0. The smallest absolute Gasteiger partial charge is 0.339 e. The highest BCUT2D eigenvalue weighted by Gasteiger charge is 2.10. The second kappa shape index (κ2) is 4.32. The van der Waals surface area contributed by atoms with Gasteiger partial charge in [0.2, 0.25) is 5.71 Å². The Bertz CT molecular complexity index is 518. The number of nitrogens with zero attached hydrogens (tertiary/aromatic N) is 1. The van der Waals surface area contributed by atoms with Gasteiger partial charge in [0.15, 0.2) is 0 Å². The second-order valence-corrected chi connectivity index (χ2v) is 3.21. The van der Waals surface area contributed by atoms with Crippen LogP contribution in [-0.2, 0) is 11.3 Å². The Hall–Kier alpha value is -1.88. The van der Waals surface area contributed by atoms with Crippen LogP contribution in [0, 0.1) is 0 Å². The maximum absolute atomic E-state index is 11.4. The maximum Gasteiger partial charge on any atom is 0.339 e. The Kier molecular flexibility index (Phi) is 2.87. The number of aliphatic hydroxyl groups excluding tert-OH is 1. The van der Waals surface area contributed by atoms with Crippen molar-refractivity contribution < 1.29 is 19.1 Å². The van der Waals surface area contributed by atoms with E-state index >= 15 is 0 Å². The Balaban J connectivity index is 2.39. The number of aromatic nitrogens is 1. The topological polar surface area (TPSA) is 72.6 Å². The summed E-state index contributed by atoms with van der Waals surface area (Å²) in [5, 5.41) is 9.56. The lowest BCUT2D eigenvalue weighted by atomic mass is 10.2. The fourth-order valence-corrected chi connectivity index (χ4v) is 1.39. The molecule has 0 aliphatic rings. The van der Waals surface area contributed by atoms with Gasteiger partial charge in [0.1, 0.15) is 12.4 Å². The first-order valence-electron chi connectivity index (χ1n) is 4.91. The van der Waals surface area contributed by atoms with E-state index in [1.54, 1.807) is 19.1 Å². The molecule has 5 nitrogen and oxygen atoms in total. The number of furan rings is 1. The molecule has 1 N–H and O–H groups in total. The lowest BCUT2D eigenvalue weighted by Gasteiger charge is -1.99. The molecule has 0 aliphatic heterocycles. The van der Waals surface area contributed by atoms with E-state index in [0.29, 0.717) is 29.0 Å². The van der Waals surface area contributed by atoms with Gasteiger partial charge >= 0.3 is 5.97 Å². The summed E-state index contributed by atoms with van der Waals surface area (Å²) in [4.78, 5) is 15.4. The van der Waals surface area contributed by atoms with Crippen LogP contribution in [0.3, 0.4) is 0 Å². The Morgan fingerprint density at radius 2 is 2.38 bits per heavy atom. The predicted octanol–water partition coefficient (Wildman–Crippen LogP) is 1.50. The van der Waals surface area contributed by atoms with Gasteiger partial charge in [-0.05, 0) is 19.1 Å². The van der Waals surface area contributed by atoms with Gasteiger partial charge < -0.3 is 14.3 Å². The maximum atomic E-state index is 11.4. The first-order chi connectivity index (χ1) is 7.74. The molecule has 0 saturated heterocycles. The lowest BCUT2D eigenvalue weighted by molar-refractivity contribution is 0.0526. The summed E-state index contributed by atoms with van der Waals surface area (Å²) < 4.78 is 10.0. The van der Waals surface area contributed by atoms with Crippen molar-refractivity contribution in [3.8, 4) is 0 Å². The van der Waals surface area contributed by atoms with Crippen LogP contribution in [0.25, 0.3) is 11.1 Å². The quantitative estimate of drug-likeness (QED) is 0.795. The number of hydrogen-bond acceptors (Lipinski definition) is 5. The Labute approximate surface area is 91.7 Å². The molecule has 2 aromatic rings. The molecule has 5 heteroatoms. The van der Waals surface area contributed by atoms with Gasteiger partial charge in [-0.25, -0.2) is 9.78 Å².